The van der Waals surface area contributed by atoms with Crippen molar-refractivity contribution in [2.24, 2.45) is 5.10 Å². The highest BCUT2D eigenvalue weighted by Gasteiger charge is 2.28. The molecular formula is C20H23ClN4O3. The first-order chi connectivity index (χ1) is 13.4. The second-order valence-corrected chi connectivity index (χ2v) is 7.14. The third kappa shape index (κ3) is 3.69. The Morgan fingerprint density at radius 3 is 2.57 bits per heavy atom. The van der Waals surface area contributed by atoms with Crippen molar-refractivity contribution >= 4 is 29.0 Å². The van der Waals surface area contributed by atoms with Crippen LogP contribution in [-0.2, 0) is 19.6 Å². The van der Waals surface area contributed by atoms with Gasteiger partial charge in [-0.15, -0.1) is 0 Å². The lowest BCUT2D eigenvalue weighted by atomic mass is 9.90. The summed E-state index contributed by atoms with van der Waals surface area (Å²) in [6.07, 6.45) is 0.539. The third-order valence-corrected chi connectivity index (χ3v) is 5.18. The van der Waals surface area contributed by atoms with Crippen LogP contribution in [0.5, 0.6) is 0 Å². The standard InChI is InChI=1S/C20H23ClN4O3/c1-11-5-13-6-14(9-26)15(10-27)7-16(13)19(24-25(11)20(28)23-2)12-3-4-18(22)17(21)8-12/h3-4,6-8,11,26-27H,5,9-10,22H2,1-2H3,(H,23,28). The molecule has 148 valence electrons. The number of benzene rings is 2. The lowest BCUT2D eigenvalue weighted by molar-refractivity contribution is 0.184. The minimum absolute atomic E-state index is 0.184. The van der Waals surface area contributed by atoms with Crippen molar-refractivity contribution < 1.29 is 15.0 Å². The number of rotatable bonds is 3. The molecule has 5 N–H and O–H groups in total. The summed E-state index contributed by atoms with van der Waals surface area (Å²) in [7, 11) is 1.55. The highest BCUT2D eigenvalue weighted by atomic mass is 35.5. The summed E-state index contributed by atoms with van der Waals surface area (Å²) in [6, 6.07) is 8.31. The Morgan fingerprint density at radius 2 is 1.96 bits per heavy atom. The van der Waals surface area contributed by atoms with Gasteiger partial charge in [0.25, 0.3) is 0 Å². The molecule has 1 atom stereocenters. The quantitative estimate of drug-likeness (QED) is 0.590. The Kier molecular flexibility index (Phi) is 5.88. The van der Waals surface area contributed by atoms with Crippen molar-refractivity contribution in [1.82, 2.24) is 10.3 Å². The molecule has 0 fully saturated rings. The summed E-state index contributed by atoms with van der Waals surface area (Å²) in [5, 5.41) is 28.4. The Morgan fingerprint density at radius 1 is 1.29 bits per heavy atom. The van der Waals surface area contributed by atoms with E-state index < -0.39 is 0 Å². The number of anilines is 1. The van der Waals surface area contributed by atoms with E-state index in [9.17, 15) is 15.0 Å². The van der Waals surface area contributed by atoms with Crippen LogP contribution in [0.15, 0.2) is 35.4 Å². The Balaban J connectivity index is 2.27. The third-order valence-electron chi connectivity index (χ3n) is 4.86. The van der Waals surface area contributed by atoms with E-state index in [2.05, 4.69) is 10.4 Å². The van der Waals surface area contributed by atoms with Crippen LogP contribution in [0.4, 0.5) is 10.5 Å². The van der Waals surface area contributed by atoms with Crippen molar-refractivity contribution in [3.05, 3.63) is 63.2 Å². The maximum absolute atomic E-state index is 12.4. The van der Waals surface area contributed by atoms with Gasteiger partial charge in [-0.2, -0.15) is 5.10 Å². The number of fused-ring (bicyclic) bond motifs is 1. The Labute approximate surface area is 168 Å². The number of hydrogen-bond acceptors (Lipinski definition) is 5. The van der Waals surface area contributed by atoms with E-state index in [1.807, 2.05) is 19.1 Å². The molecule has 0 saturated heterocycles. The number of hydrazone groups is 1. The number of nitrogens with zero attached hydrogens (tertiary/aromatic N) is 2. The summed E-state index contributed by atoms with van der Waals surface area (Å²) in [5.74, 6) is 0. The van der Waals surface area contributed by atoms with Crippen LogP contribution in [0.2, 0.25) is 5.02 Å². The molecule has 7 nitrogen and oxygen atoms in total. The van der Waals surface area contributed by atoms with Crippen LogP contribution in [0.3, 0.4) is 0 Å². The van der Waals surface area contributed by atoms with Gasteiger partial charge < -0.3 is 21.3 Å². The van der Waals surface area contributed by atoms with Gasteiger partial charge >= 0.3 is 6.03 Å². The second kappa shape index (κ2) is 8.18. The van der Waals surface area contributed by atoms with Crippen molar-refractivity contribution in [2.75, 3.05) is 12.8 Å². The second-order valence-electron chi connectivity index (χ2n) is 6.73. The highest BCUT2D eigenvalue weighted by molar-refractivity contribution is 6.33. The van der Waals surface area contributed by atoms with Crippen molar-refractivity contribution in [3.63, 3.8) is 0 Å². The van der Waals surface area contributed by atoms with Gasteiger partial charge in [0.1, 0.15) is 0 Å². The number of carbonyl (C=O) groups is 1. The molecular weight excluding hydrogens is 380 g/mol. The predicted molar refractivity (Wildman–Crippen MR) is 109 cm³/mol. The molecule has 2 aromatic carbocycles. The molecule has 3 rings (SSSR count). The average molecular weight is 403 g/mol. The zero-order valence-electron chi connectivity index (χ0n) is 15.7. The Hall–Kier alpha value is -2.61. The maximum Gasteiger partial charge on any atom is 0.337 e. The van der Waals surface area contributed by atoms with E-state index in [0.717, 1.165) is 11.1 Å². The summed E-state index contributed by atoms with van der Waals surface area (Å²) >= 11 is 6.22. The summed E-state index contributed by atoms with van der Waals surface area (Å²) < 4.78 is 0. The van der Waals surface area contributed by atoms with E-state index in [1.54, 1.807) is 25.2 Å². The number of nitrogens with one attached hydrogen (secondary N) is 1. The summed E-state index contributed by atoms with van der Waals surface area (Å²) in [6.45, 7) is 1.50. The van der Waals surface area contributed by atoms with Crippen molar-refractivity contribution in [2.45, 2.75) is 32.6 Å². The van der Waals surface area contributed by atoms with E-state index in [0.29, 0.717) is 39.5 Å². The molecule has 0 spiro atoms. The van der Waals surface area contributed by atoms with Gasteiger partial charge in [-0.3, -0.25) is 0 Å². The smallest absolute Gasteiger partial charge is 0.337 e. The van der Waals surface area contributed by atoms with Crippen LogP contribution in [0.25, 0.3) is 0 Å². The molecule has 0 aliphatic carbocycles. The van der Waals surface area contributed by atoms with Crippen LogP contribution in [0.1, 0.15) is 34.7 Å². The normalized spacial score (nSPS) is 16.2. The number of nitrogen functional groups attached to an aromatic ring is 1. The molecule has 0 bridgehead atoms. The molecule has 0 radical (unpaired) electrons. The van der Waals surface area contributed by atoms with Crippen molar-refractivity contribution in [3.8, 4) is 0 Å². The van der Waals surface area contributed by atoms with Gasteiger partial charge in [-0.1, -0.05) is 23.7 Å². The van der Waals surface area contributed by atoms with Crippen molar-refractivity contribution in [1.29, 1.82) is 0 Å². The zero-order valence-corrected chi connectivity index (χ0v) is 16.5. The maximum atomic E-state index is 12.4. The first-order valence-electron chi connectivity index (χ1n) is 8.91. The minimum Gasteiger partial charge on any atom is -0.398 e. The molecule has 1 unspecified atom stereocenters. The highest BCUT2D eigenvalue weighted by Crippen LogP contribution is 2.29. The molecule has 28 heavy (non-hydrogen) atoms. The van der Waals surface area contributed by atoms with Gasteiger partial charge in [0.15, 0.2) is 0 Å². The molecule has 0 aromatic heterocycles. The number of urea groups is 1. The molecule has 1 aliphatic rings. The molecule has 2 aromatic rings. The number of halogens is 1. The van der Waals surface area contributed by atoms with E-state index in [1.165, 1.54) is 5.01 Å². The number of nitrogens with two attached hydrogens (primary N) is 1. The van der Waals surface area contributed by atoms with Gasteiger partial charge in [0.2, 0.25) is 0 Å². The number of hydrogen-bond donors (Lipinski definition) is 4. The summed E-state index contributed by atoms with van der Waals surface area (Å²) in [4.78, 5) is 12.4. The van der Waals surface area contributed by atoms with E-state index in [4.69, 9.17) is 17.3 Å². The largest absolute Gasteiger partial charge is 0.398 e. The first kappa shape index (κ1) is 20.1. The average Bonchev–Trinajstić information content (AvgIpc) is 2.84. The first-order valence-corrected chi connectivity index (χ1v) is 9.29. The number of aliphatic hydroxyl groups is 2. The number of amides is 2. The predicted octanol–water partition coefficient (Wildman–Crippen LogP) is 2.25. The molecule has 0 saturated carbocycles. The molecule has 1 aliphatic heterocycles. The van der Waals surface area contributed by atoms with Crippen LogP contribution >= 0.6 is 11.6 Å². The fraction of sp³-hybridized carbons (Fsp3) is 0.300. The van der Waals surface area contributed by atoms with Crippen LogP contribution in [-0.4, -0.2) is 40.1 Å². The topological polar surface area (TPSA) is 111 Å². The fourth-order valence-electron chi connectivity index (χ4n) is 3.34. The number of carbonyl (C=O) groups excluding carboxylic acids is 1. The monoisotopic (exact) mass is 402 g/mol. The molecule has 8 heteroatoms. The van der Waals surface area contributed by atoms with E-state index >= 15 is 0 Å². The zero-order chi connectivity index (χ0) is 20.4. The van der Waals surface area contributed by atoms with Crippen LogP contribution < -0.4 is 11.1 Å². The van der Waals surface area contributed by atoms with Gasteiger partial charge in [0.05, 0.1) is 35.7 Å². The van der Waals surface area contributed by atoms with Gasteiger partial charge in [-0.25, -0.2) is 9.80 Å². The van der Waals surface area contributed by atoms with Gasteiger partial charge in [-0.05, 0) is 48.2 Å². The van der Waals surface area contributed by atoms with Gasteiger partial charge in [0, 0.05) is 18.2 Å². The molecule has 1 heterocycles. The lowest BCUT2D eigenvalue weighted by Crippen LogP contribution is -2.41. The van der Waals surface area contributed by atoms with Crippen LogP contribution in [0, 0.1) is 0 Å². The SMILES string of the molecule is CNC(=O)N1N=C(c2ccc(N)c(Cl)c2)c2cc(CO)c(CO)cc2CC1C. The summed E-state index contributed by atoms with van der Waals surface area (Å²) in [5.41, 5.74) is 10.5. The fourth-order valence-corrected chi connectivity index (χ4v) is 3.52. The Bertz CT molecular complexity index is 945. The van der Waals surface area contributed by atoms with E-state index in [-0.39, 0.29) is 25.3 Å². The lowest BCUT2D eigenvalue weighted by Gasteiger charge is -2.22. The minimum atomic E-state index is -0.330. The molecule has 2 amide bonds. The number of aliphatic hydroxyl groups excluding tert-OH is 2.